The third-order valence-electron chi connectivity index (χ3n) is 2.85. The predicted octanol–water partition coefficient (Wildman–Crippen LogP) is 2.01. The normalized spacial score (nSPS) is 10.9. The zero-order valence-corrected chi connectivity index (χ0v) is 13.3. The summed E-state index contributed by atoms with van der Waals surface area (Å²) < 4.78 is 18.4. The molecule has 0 radical (unpaired) electrons. The summed E-state index contributed by atoms with van der Waals surface area (Å²) in [5.41, 5.74) is -0.869. The molecule has 0 aromatic carbocycles. The van der Waals surface area contributed by atoms with Crippen molar-refractivity contribution >= 4 is 18.1 Å². The van der Waals surface area contributed by atoms with Crippen LogP contribution in [0.3, 0.4) is 0 Å². The number of hydrogen-bond donors (Lipinski definition) is 0. The Bertz CT molecular complexity index is 435. The van der Waals surface area contributed by atoms with Gasteiger partial charge >= 0.3 is 18.1 Å². The predicted molar refractivity (Wildman–Crippen MR) is 78.0 cm³/mol. The molecule has 22 heavy (non-hydrogen) atoms. The van der Waals surface area contributed by atoms with Crippen LogP contribution in [0.5, 0.6) is 0 Å². The minimum atomic E-state index is -1.50. The number of ether oxygens (including phenoxy) is 4. The van der Waals surface area contributed by atoms with Gasteiger partial charge in [0.25, 0.3) is 0 Å². The monoisotopic (exact) mass is 314 g/mol. The summed E-state index contributed by atoms with van der Waals surface area (Å²) in [6, 6.07) is 0. The van der Waals surface area contributed by atoms with E-state index in [1.54, 1.807) is 13.0 Å². The second-order valence-corrected chi connectivity index (χ2v) is 4.64. The largest absolute Gasteiger partial charge is 0.508 e. The summed E-state index contributed by atoms with van der Waals surface area (Å²) in [4.78, 5) is 35.0. The van der Waals surface area contributed by atoms with Gasteiger partial charge in [-0.25, -0.2) is 4.79 Å². The van der Waals surface area contributed by atoms with Gasteiger partial charge in [0.1, 0.15) is 6.61 Å². The van der Waals surface area contributed by atoms with Gasteiger partial charge in [0, 0.05) is 0 Å². The Kier molecular flexibility index (Phi) is 8.59. The molecule has 0 aliphatic heterocycles. The molecule has 0 aliphatic rings. The quantitative estimate of drug-likeness (QED) is 0.293. The summed E-state index contributed by atoms with van der Waals surface area (Å²) in [6.45, 7) is 5.38. The molecule has 7 nitrogen and oxygen atoms in total. The van der Waals surface area contributed by atoms with Gasteiger partial charge in [0.2, 0.25) is 0 Å². The molecule has 0 spiro atoms. The lowest BCUT2D eigenvalue weighted by Gasteiger charge is -2.27. The number of methoxy groups -OCH3 is 3. The van der Waals surface area contributed by atoms with E-state index in [1.165, 1.54) is 27.4 Å². The molecule has 7 heteroatoms. The zero-order valence-electron chi connectivity index (χ0n) is 13.3. The molecule has 0 saturated carbocycles. The summed E-state index contributed by atoms with van der Waals surface area (Å²) in [6.07, 6.45) is 2.34. The molecule has 0 rings (SSSR count). The van der Waals surface area contributed by atoms with E-state index in [0.29, 0.717) is 5.57 Å². The second-order valence-electron chi connectivity index (χ2n) is 4.64. The average molecular weight is 314 g/mol. The zero-order chi connectivity index (χ0) is 17.2. The SMILES string of the molecule is C=C(C)CC(C/C=C/COC(=O)OC)(C(=O)OC)C(=O)OC. The van der Waals surface area contributed by atoms with E-state index in [4.69, 9.17) is 9.47 Å². The van der Waals surface area contributed by atoms with Gasteiger partial charge in [0.15, 0.2) is 5.41 Å². The molecular formula is C15H22O7. The van der Waals surface area contributed by atoms with Gasteiger partial charge in [-0.05, 0) is 19.8 Å². The van der Waals surface area contributed by atoms with Crippen LogP contribution in [0.4, 0.5) is 4.79 Å². The highest BCUT2D eigenvalue weighted by molar-refractivity contribution is 6.00. The summed E-state index contributed by atoms with van der Waals surface area (Å²) in [7, 11) is 3.59. The molecule has 0 bridgehead atoms. The van der Waals surface area contributed by atoms with E-state index >= 15 is 0 Å². The molecule has 0 N–H and O–H groups in total. The molecule has 0 amide bonds. The molecule has 0 saturated heterocycles. The van der Waals surface area contributed by atoms with E-state index < -0.39 is 23.5 Å². The molecule has 0 atom stereocenters. The fourth-order valence-electron chi connectivity index (χ4n) is 1.90. The first-order valence-electron chi connectivity index (χ1n) is 6.51. The van der Waals surface area contributed by atoms with Crippen LogP contribution >= 0.6 is 0 Å². The number of hydrogen-bond acceptors (Lipinski definition) is 7. The number of esters is 2. The minimum Gasteiger partial charge on any atom is -0.468 e. The van der Waals surface area contributed by atoms with E-state index in [-0.39, 0.29) is 19.4 Å². The lowest BCUT2D eigenvalue weighted by Crippen LogP contribution is -2.41. The van der Waals surface area contributed by atoms with Crippen LogP contribution in [0.2, 0.25) is 0 Å². The van der Waals surface area contributed by atoms with Crippen LogP contribution in [-0.4, -0.2) is 46.0 Å². The maximum atomic E-state index is 12.1. The average Bonchev–Trinajstić information content (AvgIpc) is 2.50. The Morgan fingerprint density at radius 3 is 1.95 bits per heavy atom. The van der Waals surface area contributed by atoms with E-state index in [9.17, 15) is 14.4 Å². The van der Waals surface area contributed by atoms with Gasteiger partial charge < -0.3 is 18.9 Å². The molecule has 0 aliphatic carbocycles. The smallest absolute Gasteiger partial charge is 0.468 e. The van der Waals surface area contributed by atoms with E-state index in [0.717, 1.165) is 0 Å². The van der Waals surface area contributed by atoms with Crippen LogP contribution in [0.25, 0.3) is 0 Å². The first kappa shape index (κ1) is 19.7. The van der Waals surface area contributed by atoms with Crippen molar-refractivity contribution in [3.05, 3.63) is 24.3 Å². The summed E-state index contributed by atoms with van der Waals surface area (Å²) in [5.74, 6) is -1.42. The van der Waals surface area contributed by atoms with Crippen LogP contribution < -0.4 is 0 Å². The molecule has 0 unspecified atom stereocenters. The molecule has 0 heterocycles. The Morgan fingerprint density at radius 2 is 1.55 bits per heavy atom. The summed E-state index contributed by atoms with van der Waals surface area (Å²) in [5, 5.41) is 0. The molecule has 124 valence electrons. The third kappa shape index (κ3) is 5.59. The maximum absolute atomic E-state index is 12.1. The Balaban J connectivity index is 5.09. The van der Waals surface area contributed by atoms with Gasteiger partial charge in [-0.2, -0.15) is 0 Å². The highest BCUT2D eigenvalue weighted by Crippen LogP contribution is 2.33. The van der Waals surface area contributed by atoms with E-state index in [2.05, 4.69) is 16.1 Å². The first-order chi connectivity index (χ1) is 10.3. The van der Waals surface area contributed by atoms with Gasteiger partial charge in [-0.15, -0.1) is 6.58 Å². The van der Waals surface area contributed by atoms with Crippen molar-refractivity contribution in [3.8, 4) is 0 Å². The van der Waals surface area contributed by atoms with Crippen LogP contribution in [0.15, 0.2) is 24.3 Å². The highest BCUT2D eigenvalue weighted by Gasteiger charge is 2.47. The molecular weight excluding hydrogens is 292 g/mol. The lowest BCUT2D eigenvalue weighted by atomic mass is 9.78. The van der Waals surface area contributed by atoms with Crippen LogP contribution in [0, 0.1) is 5.41 Å². The first-order valence-corrected chi connectivity index (χ1v) is 6.51. The molecule has 0 fully saturated rings. The van der Waals surface area contributed by atoms with Crippen molar-refractivity contribution in [1.29, 1.82) is 0 Å². The second kappa shape index (κ2) is 9.59. The minimum absolute atomic E-state index is 0.0315. The fraction of sp³-hybridized carbons (Fsp3) is 0.533. The Hall–Kier alpha value is -2.31. The molecule has 0 aromatic rings. The van der Waals surface area contributed by atoms with Gasteiger partial charge in [-0.3, -0.25) is 9.59 Å². The van der Waals surface area contributed by atoms with Crippen molar-refractivity contribution in [2.24, 2.45) is 5.41 Å². The fourth-order valence-corrected chi connectivity index (χ4v) is 1.90. The van der Waals surface area contributed by atoms with Crippen molar-refractivity contribution < 1.29 is 33.3 Å². The standard InChI is InChI=1S/C15H22O7/c1-11(2)10-15(12(16)19-3,13(17)20-4)8-6-7-9-22-14(18)21-5/h6-7H,1,8-10H2,2-5H3/b7-6+. The van der Waals surface area contributed by atoms with Crippen molar-refractivity contribution in [2.45, 2.75) is 19.8 Å². The van der Waals surface area contributed by atoms with Crippen molar-refractivity contribution in [3.63, 3.8) is 0 Å². The highest BCUT2D eigenvalue weighted by atomic mass is 16.7. The van der Waals surface area contributed by atoms with Crippen LogP contribution in [-0.2, 0) is 28.5 Å². The van der Waals surface area contributed by atoms with Gasteiger partial charge in [-0.1, -0.05) is 17.7 Å². The van der Waals surface area contributed by atoms with Crippen molar-refractivity contribution in [1.82, 2.24) is 0 Å². The van der Waals surface area contributed by atoms with Gasteiger partial charge in [0.05, 0.1) is 21.3 Å². The number of allylic oxidation sites excluding steroid dienone is 2. The Morgan fingerprint density at radius 1 is 1.00 bits per heavy atom. The third-order valence-corrected chi connectivity index (χ3v) is 2.85. The lowest BCUT2D eigenvalue weighted by molar-refractivity contribution is -0.168. The Labute approximate surface area is 129 Å². The van der Waals surface area contributed by atoms with Crippen LogP contribution in [0.1, 0.15) is 19.8 Å². The molecule has 0 aromatic heterocycles. The topological polar surface area (TPSA) is 88.1 Å². The maximum Gasteiger partial charge on any atom is 0.508 e. The number of carbonyl (C=O) groups is 3. The summed E-state index contributed by atoms with van der Waals surface area (Å²) >= 11 is 0. The van der Waals surface area contributed by atoms with E-state index in [1.807, 2.05) is 0 Å². The number of rotatable bonds is 8. The van der Waals surface area contributed by atoms with Crippen molar-refractivity contribution in [2.75, 3.05) is 27.9 Å². The number of carbonyl (C=O) groups excluding carboxylic acids is 3.